The fourth-order valence-electron chi connectivity index (χ4n) is 1.36. The van der Waals surface area contributed by atoms with Crippen LogP contribution in [0.3, 0.4) is 0 Å². The zero-order chi connectivity index (χ0) is 9.97. The Morgan fingerprint density at radius 2 is 2.50 bits per heavy atom. The summed E-state index contributed by atoms with van der Waals surface area (Å²) in [5.74, 6) is -0.124. The molecule has 14 heavy (non-hydrogen) atoms. The van der Waals surface area contributed by atoms with Gasteiger partial charge in [-0.25, -0.2) is 0 Å². The van der Waals surface area contributed by atoms with E-state index in [0.717, 1.165) is 5.56 Å². The number of halogens is 1. The van der Waals surface area contributed by atoms with Crippen LogP contribution in [0.1, 0.15) is 11.6 Å². The van der Waals surface area contributed by atoms with Crippen LogP contribution in [0, 0.1) is 0 Å². The molecule has 1 aromatic rings. The zero-order valence-electron chi connectivity index (χ0n) is 7.37. The van der Waals surface area contributed by atoms with E-state index in [1.165, 1.54) is 0 Å². The number of aromatic nitrogens is 1. The van der Waals surface area contributed by atoms with E-state index in [1.54, 1.807) is 18.5 Å². The van der Waals surface area contributed by atoms with Crippen LogP contribution in [0.2, 0.25) is 5.02 Å². The summed E-state index contributed by atoms with van der Waals surface area (Å²) in [4.78, 5) is 15.0. The SMILES string of the molecule is O=C1COC[C@H](c2cnccc2Cl)N1. The van der Waals surface area contributed by atoms with Gasteiger partial charge in [-0.3, -0.25) is 9.78 Å². The average molecular weight is 213 g/mol. The van der Waals surface area contributed by atoms with Crippen molar-refractivity contribution in [1.29, 1.82) is 0 Å². The minimum Gasteiger partial charge on any atom is -0.369 e. The molecule has 0 aromatic carbocycles. The number of carbonyl (C=O) groups excluding carboxylic acids is 1. The molecule has 74 valence electrons. The van der Waals surface area contributed by atoms with Crippen LogP contribution in [0.15, 0.2) is 18.5 Å². The lowest BCUT2D eigenvalue weighted by Gasteiger charge is -2.24. The highest BCUT2D eigenvalue weighted by Gasteiger charge is 2.22. The molecule has 5 heteroatoms. The maximum atomic E-state index is 11.1. The first-order valence-corrected chi connectivity index (χ1v) is 4.61. The Morgan fingerprint density at radius 1 is 1.64 bits per heavy atom. The van der Waals surface area contributed by atoms with E-state index in [-0.39, 0.29) is 18.6 Å². The number of hydrogen-bond acceptors (Lipinski definition) is 3. The summed E-state index contributed by atoms with van der Waals surface area (Å²) in [6, 6.07) is 1.51. The lowest BCUT2D eigenvalue weighted by atomic mass is 10.1. The number of amides is 1. The van der Waals surface area contributed by atoms with Gasteiger partial charge in [0.25, 0.3) is 0 Å². The van der Waals surface area contributed by atoms with E-state index in [9.17, 15) is 4.79 Å². The molecule has 0 unspecified atom stereocenters. The first-order chi connectivity index (χ1) is 6.77. The first kappa shape index (κ1) is 9.43. The van der Waals surface area contributed by atoms with E-state index in [4.69, 9.17) is 16.3 Å². The van der Waals surface area contributed by atoms with E-state index in [1.807, 2.05) is 0 Å². The van der Waals surface area contributed by atoms with Crippen LogP contribution in [0.5, 0.6) is 0 Å². The summed E-state index contributed by atoms with van der Waals surface area (Å²) in [5, 5.41) is 3.38. The Balaban J connectivity index is 2.22. The number of carbonyl (C=O) groups is 1. The van der Waals surface area contributed by atoms with Gasteiger partial charge in [0.1, 0.15) is 6.61 Å². The predicted octanol–water partition coefficient (Wildman–Crippen LogP) is 0.923. The van der Waals surface area contributed by atoms with Gasteiger partial charge in [-0.15, -0.1) is 0 Å². The number of nitrogens with zero attached hydrogens (tertiary/aromatic N) is 1. The highest BCUT2D eigenvalue weighted by atomic mass is 35.5. The fourth-order valence-corrected chi connectivity index (χ4v) is 1.60. The van der Waals surface area contributed by atoms with Crippen LogP contribution in [0.25, 0.3) is 0 Å². The Labute approximate surface area is 86.2 Å². The third-order valence-electron chi connectivity index (χ3n) is 2.02. The molecule has 0 aliphatic carbocycles. The second-order valence-corrected chi connectivity index (χ2v) is 3.44. The van der Waals surface area contributed by atoms with Crippen LogP contribution in [0.4, 0.5) is 0 Å². The van der Waals surface area contributed by atoms with Crippen molar-refractivity contribution in [2.75, 3.05) is 13.2 Å². The first-order valence-electron chi connectivity index (χ1n) is 4.24. The largest absolute Gasteiger partial charge is 0.369 e. The molecule has 1 aliphatic rings. The molecule has 1 fully saturated rings. The normalized spacial score (nSPS) is 21.8. The van der Waals surface area contributed by atoms with Gasteiger partial charge in [-0.05, 0) is 6.07 Å². The van der Waals surface area contributed by atoms with Crippen molar-refractivity contribution in [1.82, 2.24) is 10.3 Å². The second kappa shape index (κ2) is 3.94. The molecular weight excluding hydrogens is 204 g/mol. The van der Waals surface area contributed by atoms with Crippen molar-refractivity contribution in [2.45, 2.75) is 6.04 Å². The molecule has 0 spiro atoms. The van der Waals surface area contributed by atoms with Crippen LogP contribution in [-0.4, -0.2) is 24.1 Å². The molecule has 1 atom stereocenters. The van der Waals surface area contributed by atoms with Crippen LogP contribution < -0.4 is 5.32 Å². The summed E-state index contributed by atoms with van der Waals surface area (Å²) >= 11 is 5.96. The monoisotopic (exact) mass is 212 g/mol. The molecule has 0 radical (unpaired) electrons. The Hall–Kier alpha value is -1.13. The van der Waals surface area contributed by atoms with Gasteiger partial charge in [0.2, 0.25) is 5.91 Å². The molecule has 0 saturated carbocycles. The lowest BCUT2D eigenvalue weighted by molar-refractivity contribution is -0.131. The number of ether oxygens (including phenoxy) is 1. The van der Waals surface area contributed by atoms with Crippen molar-refractivity contribution in [3.63, 3.8) is 0 Å². The number of hydrogen-bond donors (Lipinski definition) is 1. The third-order valence-corrected chi connectivity index (χ3v) is 2.37. The van der Waals surface area contributed by atoms with Gasteiger partial charge < -0.3 is 10.1 Å². The molecule has 0 bridgehead atoms. The number of pyridine rings is 1. The Morgan fingerprint density at radius 3 is 3.21 bits per heavy atom. The predicted molar refractivity (Wildman–Crippen MR) is 50.9 cm³/mol. The highest BCUT2D eigenvalue weighted by Crippen LogP contribution is 2.22. The van der Waals surface area contributed by atoms with Gasteiger partial charge in [0.15, 0.2) is 0 Å². The summed E-state index contributed by atoms with van der Waals surface area (Å²) in [6.45, 7) is 0.561. The average Bonchev–Trinajstić information content (AvgIpc) is 2.18. The molecule has 4 nitrogen and oxygen atoms in total. The fraction of sp³-hybridized carbons (Fsp3) is 0.333. The summed E-state index contributed by atoms with van der Waals surface area (Å²) in [5.41, 5.74) is 0.794. The quantitative estimate of drug-likeness (QED) is 0.753. The van der Waals surface area contributed by atoms with Crippen molar-refractivity contribution >= 4 is 17.5 Å². The summed E-state index contributed by atoms with van der Waals surface area (Å²) in [6.07, 6.45) is 3.25. The standard InChI is InChI=1S/C9H9ClN2O2/c10-7-1-2-11-3-6(7)8-4-14-5-9(13)12-8/h1-3,8H,4-5H2,(H,12,13)/t8-/m1/s1. The Kier molecular flexibility index (Phi) is 2.65. The Bertz CT molecular complexity index is 356. The molecule has 1 N–H and O–H groups in total. The van der Waals surface area contributed by atoms with Gasteiger partial charge in [0, 0.05) is 23.0 Å². The molecule has 2 heterocycles. The molecule has 1 aromatic heterocycles. The van der Waals surface area contributed by atoms with Crippen LogP contribution >= 0.6 is 11.6 Å². The lowest BCUT2D eigenvalue weighted by Crippen LogP contribution is -2.39. The number of nitrogens with one attached hydrogen (secondary N) is 1. The molecule has 2 rings (SSSR count). The van der Waals surface area contributed by atoms with Gasteiger partial charge in [-0.2, -0.15) is 0 Å². The maximum absolute atomic E-state index is 11.1. The van der Waals surface area contributed by atoms with Crippen molar-refractivity contribution < 1.29 is 9.53 Å². The minimum absolute atomic E-state index is 0.119. The van der Waals surface area contributed by atoms with E-state index in [0.29, 0.717) is 11.6 Å². The number of morpholine rings is 1. The topological polar surface area (TPSA) is 51.2 Å². The van der Waals surface area contributed by atoms with Crippen molar-refractivity contribution in [3.8, 4) is 0 Å². The smallest absolute Gasteiger partial charge is 0.246 e. The van der Waals surface area contributed by atoms with E-state index >= 15 is 0 Å². The molecule has 1 amide bonds. The maximum Gasteiger partial charge on any atom is 0.246 e. The van der Waals surface area contributed by atoms with Gasteiger partial charge in [0.05, 0.1) is 12.6 Å². The highest BCUT2D eigenvalue weighted by molar-refractivity contribution is 6.31. The molecular formula is C9H9ClN2O2. The third kappa shape index (κ3) is 1.86. The van der Waals surface area contributed by atoms with E-state index in [2.05, 4.69) is 10.3 Å². The van der Waals surface area contributed by atoms with Gasteiger partial charge >= 0.3 is 0 Å². The molecule has 1 aliphatic heterocycles. The number of rotatable bonds is 1. The summed E-state index contributed by atoms with van der Waals surface area (Å²) < 4.78 is 5.11. The van der Waals surface area contributed by atoms with Crippen LogP contribution in [-0.2, 0) is 9.53 Å². The minimum atomic E-state index is -0.183. The van der Waals surface area contributed by atoms with Gasteiger partial charge in [-0.1, -0.05) is 11.6 Å². The second-order valence-electron chi connectivity index (χ2n) is 3.03. The van der Waals surface area contributed by atoms with Crippen molar-refractivity contribution in [3.05, 3.63) is 29.0 Å². The molecule has 1 saturated heterocycles. The van der Waals surface area contributed by atoms with E-state index < -0.39 is 0 Å². The zero-order valence-corrected chi connectivity index (χ0v) is 8.12. The van der Waals surface area contributed by atoms with Crippen molar-refractivity contribution in [2.24, 2.45) is 0 Å². The summed E-state index contributed by atoms with van der Waals surface area (Å²) in [7, 11) is 0.